The molecule has 3 heterocycles. The van der Waals surface area contributed by atoms with Gasteiger partial charge in [0.2, 0.25) is 5.91 Å². The molecule has 0 aromatic heterocycles. The average molecular weight is 298 g/mol. The van der Waals surface area contributed by atoms with Crippen LogP contribution in [0.25, 0.3) is 0 Å². The number of amides is 1. The summed E-state index contributed by atoms with van der Waals surface area (Å²) in [5.74, 6) is 2.64. The van der Waals surface area contributed by atoms with Gasteiger partial charge >= 0.3 is 0 Å². The summed E-state index contributed by atoms with van der Waals surface area (Å²) in [6.07, 6.45) is 6.91. The second-order valence-corrected chi connectivity index (χ2v) is 7.45. The van der Waals surface area contributed by atoms with Gasteiger partial charge in [0, 0.05) is 31.5 Å². The summed E-state index contributed by atoms with van der Waals surface area (Å²) < 4.78 is 6.02. The topological polar surface area (TPSA) is 41.6 Å². The van der Waals surface area contributed by atoms with Crippen LogP contribution in [0.3, 0.4) is 0 Å². The lowest BCUT2D eigenvalue weighted by Crippen LogP contribution is -2.50. The van der Waals surface area contributed by atoms with E-state index in [1.54, 1.807) is 0 Å². The van der Waals surface area contributed by atoms with Gasteiger partial charge in [-0.2, -0.15) is 11.8 Å². The molecule has 0 aromatic rings. The van der Waals surface area contributed by atoms with E-state index in [2.05, 4.69) is 5.32 Å². The fourth-order valence-corrected chi connectivity index (χ4v) is 4.93. The van der Waals surface area contributed by atoms with Gasteiger partial charge in [-0.1, -0.05) is 0 Å². The first-order chi connectivity index (χ1) is 9.77. The highest BCUT2D eigenvalue weighted by Gasteiger charge is 2.40. The van der Waals surface area contributed by atoms with Crippen LogP contribution in [0.5, 0.6) is 0 Å². The number of rotatable bonds is 3. The van der Waals surface area contributed by atoms with E-state index in [1.807, 2.05) is 16.7 Å². The number of hydrogen-bond donors (Lipinski definition) is 1. The zero-order valence-electron chi connectivity index (χ0n) is 12.2. The van der Waals surface area contributed by atoms with Crippen LogP contribution in [0.1, 0.15) is 38.5 Å². The van der Waals surface area contributed by atoms with Crippen molar-refractivity contribution in [1.82, 2.24) is 10.2 Å². The molecule has 1 spiro atoms. The molecule has 3 fully saturated rings. The molecule has 2 unspecified atom stereocenters. The lowest BCUT2D eigenvalue weighted by atomic mass is 9.90. The minimum Gasteiger partial charge on any atom is -0.374 e. The van der Waals surface area contributed by atoms with Crippen molar-refractivity contribution >= 4 is 17.7 Å². The van der Waals surface area contributed by atoms with Crippen LogP contribution in [0.15, 0.2) is 0 Å². The van der Waals surface area contributed by atoms with Crippen molar-refractivity contribution in [2.24, 2.45) is 0 Å². The summed E-state index contributed by atoms with van der Waals surface area (Å²) in [6, 6.07) is 0.455. The van der Waals surface area contributed by atoms with Crippen molar-refractivity contribution in [3.63, 3.8) is 0 Å². The monoisotopic (exact) mass is 298 g/mol. The second kappa shape index (κ2) is 6.67. The predicted octanol–water partition coefficient (Wildman–Crippen LogP) is 1.64. The number of carbonyl (C=O) groups excluding carboxylic acids is 1. The molecule has 3 aliphatic heterocycles. The summed E-state index contributed by atoms with van der Waals surface area (Å²) >= 11 is 2.00. The number of nitrogens with zero attached hydrogens (tertiary/aromatic N) is 1. The van der Waals surface area contributed by atoms with Crippen LogP contribution in [0.2, 0.25) is 0 Å². The number of hydrogen-bond acceptors (Lipinski definition) is 4. The van der Waals surface area contributed by atoms with E-state index in [0.29, 0.717) is 12.6 Å². The highest BCUT2D eigenvalue weighted by molar-refractivity contribution is 7.99. The number of carbonyl (C=O) groups is 1. The third-order valence-corrected chi connectivity index (χ3v) is 6.03. The maximum absolute atomic E-state index is 12.2. The van der Waals surface area contributed by atoms with E-state index in [0.717, 1.165) is 38.3 Å². The predicted molar refractivity (Wildman–Crippen MR) is 82.1 cm³/mol. The van der Waals surface area contributed by atoms with Crippen LogP contribution >= 0.6 is 11.8 Å². The van der Waals surface area contributed by atoms with E-state index in [4.69, 9.17) is 4.74 Å². The Kier molecular flexibility index (Phi) is 4.89. The van der Waals surface area contributed by atoms with E-state index in [-0.39, 0.29) is 11.5 Å². The molecule has 20 heavy (non-hydrogen) atoms. The molecule has 1 amide bonds. The lowest BCUT2D eigenvalue weighted by Gasteiger charge is -2.38. The Morgan fingerprint density at radius 1 is 1.35 bits per heavy atom. The molecule has 3 aliphatic rings. The summed E-state index contributed by atoms with van der Waals surface area (Å²) in [5.41, 5.74) is 0.106. The normalized spacial score (nSPS) is 34.6. The number of piperidine rings is 1. The van der Waals surface area contributed by atoms with Crippen LogP contribution in [-0.4, -0.2) is 60.2 Å². The Morgan fingerprint density at radius 2 is 2.20 bits per heavy atom. The molecule has 5 heteroatoms. The number of ether oxygens (including phenoxy) is 1. The Morgan fingerprint density at radius 3 is 2.95 bits per heavy atom. The molecule has 2 atom stereocenters. The van der Waals surface area contributed by atoms with Crippen LogP contribution < -0.4 is 5.32 Å². The Labute approximate surface area is 126 Å². The zero-order valence-corrected chi connectivity index (χ0v) is 13.1. The number of thioether (sulfide) groups is 1. The zero-order chi connectivity index (χ0) is 13.8. The summed E-state index contributed by atoms with van der Waals surface area (Å²) in [4.78, 5) is 14.2. The van der Waals surface area contributed by atoms with Gasteiger partial charge in [-0.25, -0.2) is 0 Å². The summed E-state index contributed by atoms with van der Waals surface area (Å²) in [7, 11) is 0. The first kappa shape index (κ1) is 14.7. The molecule has 0 radical (unpaired) electrons. The van der Waals surface area contributed by atoms with E-state index in [1.165, 1.54) is 31.4 Å². The van der Waals surface area contributed by atoms with Crippen molar-refractivity contribution in [3.05, 3.63) is 0 Å². The van der Waals surface area contributed by atoms with Crippen LogP contribution in [-0.2, 0) is 9.53 Å². The van der Waals surface area contributed by atoms with Gasteiger partial charge in [0.25, 0.3) is 0 Å². The maximum atomic E-state index is 12.2. The van der Waals surface area contributed by atoms with Gasteiger partial charge in [-0.05, 0) is 44.3 Å². The first-order valence-electron chi connectivity index (χ1n) is 8.00. The molecule has 0 bridgehead atoms. The Hall–Kier alpha value is -0.260. The average Bonchev–Trinajstić information content (AvgIpc) is 2.93. The van der Waals surface area contributed by atoms with Gasteiger partial charge in [0.15, 0.2) is 0 Å². The molecule has 0 aliphatic carbocycles. The van der Waals surface area contributed by atoms with E-state index >= 15 is 0 Å². The Bertz CT molecular complexity index is 339. The molecule has 3 saturated heterocycles. The maximum Gasteiger partial charge on any atom is 0.236 e. The van der Waals surface area contributed by atoms with Crippen LogP contribution in [0.4, 0.5) is 0 Å². The van der Waals surface area contributed by atoms with Gasteiger partial charge in [-0.15, -0.1) is 0 Å². The highest BCUT2D eigenvalue weighted by atomic mass is 32.2. The second-order valence-electron chi connectivity index (χ2n) is 6.35. The standard InChI is InChI=1S/C15H26N2O2S/c18-14(17-6-2-1-3-7-17)11-16-13-4-8-19-15(10-13)5-9-20-12-15/h13,16H,1-12H2. The van der Waals surface area contributed by atoms with E-state index in [9.17, 15) is 4.79 Å². The van der Waals surface area contributed by atoms with Gasteiger partial charge < -0.3 is 15.0 Å². The number of nitrogens with one attached hydrogen (secondary N) is 1. The molecule has 0 saturated carbocycles. The molecule has 0 aromatic carbocycles. The van der Waals surface area contributed by atoms with Crippen molar-refractivity contribution in [1.29, 1.82) is 0 Å². The molecular formula is C15H26N2O2S. The number of likely N-dealkylation sites (tertiary alicyclic amines) is 1. The molecule has 114 valence electrons. The summed E-state index contributed by atoms with van der Waals surface area (Å²) in [5, 5.41) is 3.49. The van der Waals surface area contributed by atoms with Crippen molar-refractivity contribution in [2.75, 3.05) is 37.7 Å². The van der Waals surface area contributed by atoms with Crippen molar-refractivity contribution in [3.8, 4) is 0 Å². The van der Waals surface area contributed by atoms with Gasteiger partial charge in [0.1, 0.15) is 0 Å². The molecule has 4 nitrogen and oxygen atoms in total. The van der Waals surface area contributed by atoms with Crippen LogP contribution in [0, 0.1) is 0 Å². The molecular weight excluding hydrogens is 272 g/mol. The lowest BCUT2D eigenvalue weighted by molar-refractivity contribution is -0.131. The quantitative estimate of drug-likeness (QED) is 0.860. The minimum atomic E-state index is 0.106. The fourth-order valence-electron chi connectivity index (χ4n) is 3.55. The third-order valence-electron chi connectivity index (χ3n) is 4.81. The molecule has 3 rings (SSSR count). The van der Waals surface area contributed by atoms with E-state index < -0.39 is 0 Å². The minimum absolute atomic E-state index is 0.106. The summed E-state index contributed by atoms with van der Waals surface area (Å²) in [6.45, 7) is 3.26. The van der Waals surface area contributed by atoms with Crippen molar-refractivity contribution in [2.45, 2.75) is 50.2 Å². The smallest absolute Gasteiger partial charge is 0.236 e. The Balaban J connectivity index is 1.44. The third kappa shape index (κ3) is 3.49. The first-order valence-corrected chi connectivity index (χ1v) is 9.16. The van der Waals surface area contributed by atoms with Crippen molar-refractivity contribution < 1.29 is 9.53 Å². The van der Waals surface area contributed by atoms with Gasteiger partial charge in [0.05, 0.1) is 12.1 Å². The SMILES string of the molecule is O=C(CNC1CCOC2(CCSC2)C1)N1CCCCC1. The molecule has 1 N–H and O–H groups in total. The largest absolute Gasteiger partial charge is 0.374 e. The highest BCUT2D eigenvalue weighted by Crippen LogP contribution is 2.38. The van der Waals surface area contributed by atoms with Gasteiger partial charge in [-0.3, -0.25) is 4.79 Å². The fraction of sp³-hybridized carbons (Fsp3) is 0.933.